The highest BCUT2D eigenvalue weighted by Crippen LogP contribution is 2.41. The number of aryl methyl sites for hydroxylation is 1. The Morgan fingerprint density at radius 3 is 1.65 bits per heavy atom. The van der Waals surface area contributed by atoms with Crippen molar-refractivity contribution >= 4 is 63.1 Å². The molecule has 0 unspecified atom stereocenters. The molecule has 46 heavy (non-hydrogen) atoms. The second kappa shape index (κ2) is 12.1. The van der Waals surface area contributed by atoms with Gasteiger partial charge in [0.2, 0.25) is 0 Å². The molecular weight excluding hydrogens is 613 g/mol. The van der Waals surface area contributed by atoms with Crippen LogP contribution in [0.25, 0.3) is 0 Å². The van der Waals surface area contributed by atoms with E-state index in [4.69, 9.17) is 9.47 Å². The number of thiophene rings is 1. The van der Waals surface area contributed by atoms with E-state index in [1.54, 1.807) is 0 Å². The second-order valence-corrected chi connectivity index (χ2v) is 19.3. The fourth-order valence-electron chi connectivity index (χ4n) is 6.63. The number of fused-ring (bicyclic) bond motifs is 2. The van der Waals surface area contributed by atoms with Crippen LogP contribution in [0, 0.1) is 6.92 Å². The van der Waals surface area contributed by atoms with E-state index in [1.807, 2.05) is 17.4 Å². The van der Waals surface area contributed by atoms with Gasteiger partial charge in [-0.25, -0.2) is 0 Å². The van der Waals surface area contributed by atoms with E-state index in [0.29, 0.717) is 0 Å². The normalized spacial score (nSPS) is 13.0. The monoisotopic (exact) mass is 643 g/mol. The lowest BCUT2D eigenvalue weighted by Crippen LogP contribution is -2.75. The molecule has 0 aliphatic carbocycles. The molecule has 8 rings (SSSR count). The van der Waals surface area contributed by atoms with E-state index in [1.165, 1.54) is 34.9 Å². The maximum atomic E-state index is 7.12. The number of hydrogen-bond donors (Lipinski definition) is 0. The van der Waals surface area contributed by atoms with E-state index in [2.05, 4.69) is 171 Å². The Labute approximate surface area is 276 Å². The van der Waals surface area contributed by atoms with Crippen molar-refractivity contribution in [2.45, 2.75) is 6.92 Å². The maximum absolute atomic E-state index is 7.12. The molecule has 0 spiro atoms. The standard InChI is InChI=1S/C41H31O2SSi2/c1-30-18-14-15-27-35(30)42-38-39-41(44-40(38)45(31-19-6-2-7-20-31)32-21-8-3-9-22-32)46(33-23-10-4-11-24-33,34-25-12-5-13-26-34)37-29-17-16-28-36(37)43-39/h2-29H,1H3. The molecule has 0 amide bonds. The highest BCUT2D eigenvalue weighted by atomic mass is 32.1. The molecule has 0 fully saturated rings. The third-order valence-electron chi connectivity index (χ3n) is 8.74. The van der Waals surface area contributed by atoms with Gasteiger partial charge in [-0.1, -0.05) is 158 Å². The number of para-hydroxylation sites is 2. The summed E-state index contributed by atoms with van der Waals surface area (Å²) in [7, 11) is -4.33. The Kier molecular flexibility index (Phi) is 7.50. The first kappa shape index (κ1) is 28.5. The Morgan fingerprint density at radius 1 is 0.565 bits per heavy atom. The molecule has 2 nitrogen and oxygen atoms in total. The first-order valence-electron chi connectivity index (χ1n) is 15.5. The highest BCUT2D eigenvalue weighted by Gasteiger charge is 2.51. The van der Waals surface area contributed by atoms with Crippen LogP contribution in [0.1, 0.15) is 5.56 Å². The topological polar surface area (TPSA) is 18.5 Å². The molecule has 0 atom stereocenters. The zero-order valence-corrected chi connectivity index (χ0v) is 28.2. The van der Waals surface area contributed by atoms with Crippen LogP contribution >= 0.6 is 11.3 Å². The number of rotatable bonds is 7. The van der Waals surface area contributed by atoms with Gasteiger partial charge in [-0.2, -0.15) is 0 Å². The van der Waals surface area contributed by atoms with Gasteiger partial charge in [-0.05, 0) is 50.6 Å². The second-order valence-electron chi connectivity index (χ2n) is 11.5. The average molecular weight is 644 g/mol. The molecule has 1 radical (unpaired) electrons. The highest BCUT2D eigenvalue weighted by molar-refractivity contribution is 7.42. The summed E-state index contributed by atoms with van der Waals surface area (Å²) >= 11 is 1.90. The molecule has 2 heterocycles. The van der Waals surface area contributed by atoms with Crippen LogP contribution < -0.4 is 44.4 Å². The summed E-state index contributed by atoms with van der Waals surface area (Å²) in [5.74, 6) is 3.45. The van der Waals surface area contributed by atoms with Crippen molar-refractivity contribution in [3.05, 3.63) is 175 Å². The lowest BCUT2D eigenvalue weighted by molar-refractivity contribution is 0.425. The average Bonchev–Trinajstić information content (AvgIpc) is 3.47. The summed E-state index contributed by atoms with van der Waals surface area (Å²) in [5, 5.41) is 6.57. The third kappa shape index (κ3) is 4.76. The summed E-state index contributed by atoms with van der Waals surface area (Å²) in [4.78, 5) is 0. The van der Waals surface area contributed by atoms with Crippen molar-refractivity contribution in [1.29, 1.82) is 0 Å². The molecule has 1 aliphatic heterocycles. The summed E-state index contributed by atoms with van der Waals surface area (Å²) in [5.41, 5.74) is 1.09. The predicted molar refractivity (Wildman–Crippen MR) is 197 cm³/mol. The summed E-state index contributed by atoms with van der Waals surface area (Å²) in [6.07, 6.45) is 0. The molecule has 7 aromatic rings. The van der Waals surface area contributed by atoms with E-state index in [-0.39, 0.29) is 0 Å². The largest absolute Gasteiger partial charge is 0.453 e. The number of hydrogen-bond acceptors (Lipinski definition) is 3. The molecule has 1 aromatic heterocycles. The smallest absolute Gasteiger partial charge is 0.200 e. The van der Waals surface area contributed by atoms with Gasteiger partial charge in [0.25, 0.3) is 0 Å². The molecule has 0 saturated heterocycles. The minimum atomic E-state index is -2.84. The van der Waals surface area contributed by atoms with Crippen LogP contribution in [0.3, 0.4) is 0 Å². The Bertz CT molecular complexity index is 2030. The minimum Gasteiger partial charge on any atom is -0.453 e. The zero-order valence-electron chi connectivity index (χ0n) is 25.4. The Hall–Kier alpha value is -4.95. The first-order chi connectivity index (χ1) is 22.7. The summed E-state index contributed by atoms with van der Waals surface area (Å²) in [6.45, 7) is 2.11. The van der Waals surface area contributed by atoms with Crippen LogP contribution in [0.15, 0.2) is 170 Å². The quantitative estimate of drug-likeness (QED) is 0.203. The molecule has 0 saturated carbocycles. The predicted octanol–water partition coefficient (Wildman–Crippen LogP) is 5.85. The van der Waals surface area contributed by atoms with Gasteiger partial charge >= 0.3 is 0 Å². The van der Waals surface area contributed by atoms with Crippen LogP contribution in [0.4, 0.5) is 0 Å². The van der Waals surface area contributed by atoms with Gasteiger partial charge in [0, 0.05) is 4.50 Å². The fraction of sp³-hybridized carbons (Fsp3) is 0.0244. The third-order valence-corrected chi connectivity index (χ3v) is 18.7. The molecule has 0 bridgehead atoms. The van der Waals surface area contributed by atoms with Gasteiger partial charge in [0.1, 0.15) is 11.5 Å². The van der Waals surface area contributed by atoms with Crippen LogP contribution in [-0.4, -0.2) is 16.9 Å². The molecule has 6 aromatic carbocycles. The maximum Gasteiger partial charge on any atom is 0.200 e. The van der Waals surface area contributed by atoms with Crippen molar-refractivity contribution in [3.8, 4) is 23.0 Å². The van der Waals surface area contributed by atoms with Crippen LogP contribution in [-0.2, 0) is 0 Å². The summed E-state index contributed by atoms with van der Waals surface area (Å²) in [6, 6.07) is 61.0. The van der Waals surface area contributed by atoms with Gasteiger partial charge in [0.15, 0.2) is 28.4 Å². The van der Waals surface area contributed by atoms with Crippen molar-refractivity contribution in [3.63, 3.8) is 0 Å². The minimum absolute atomic E-state index is 0.842. The molecule has 0 N–H and O–H groups in total. The number of ether oxygens (including phenoxy) is 2. The van der Waals surface area contributed by atoms with Crippen LogP contribution in [0.5, 0.6) is 23.0 Å². The van der Waals surface area contributed by atoms with Gasteiger partial charge in [0.05, 0.1) is 4.50 Å². The van der Waals surface area contributed by atoms with Crippen LogP contribution in [0.2, 0.25) is 0 Å². The Balaban J connectivity index is 1.50. The fourth-order valence-corrected chi connectivity index (χ4v) is 17.7. The Morgan fingerprint density at radius 2 is 1.07 bits per heavy atom. The molecular formula is C41H31O2SSi2. The molecule has 221 valence electrons. The van der Waals surface area contributed by atoms with Crippen molar-refractivity contribution in [1.82, 2.24) is 0 Å². The van der Waals surface area contributed by atoms with E-state index in [0.717, 1.165) is 28.6 Å². The molecule has 1 aliphatic rings. The van der Waals surface area contributed by atoms with Gasteiger partial charge in [-0.3, -0.25) is 0 Å². The summed E-state index contributed by atoms with van der Waals surface area (Å²) < 4.78 is 16.7. The number of benzene rings is 6. The van der Waals surface area contributed by atoms with E-state index >= 15 is 0 Å². The molecule has 5 heteroatoms. The lowest BCUT2D eigenvalue weighted by Gasteiger charge is -2.37. The van der Waals surface area contributed by atoms with Crippen molar-refractivity contribution < 1.29 is 9.47 Å². The first-order valence-corrected chi connectivity index (χ1v) is 19.8. The van der Waals surface area contributed by atoms with Crippen molar-refractivity contribution in [2.75, 3.05) is 0 Å². The van der Waals surface area contributed by atoms with E-state index in [9.17, 15) is 0 Å². The van der Waals surface area contributed by atoms with Gasteiger partial charge in [-0.15, -0.1) is 11.3 Å². The lowest BCUT2D eigenvalue weighted by atomic mass is 10.2. The van der Waals surface area contributed by atoms with Gasteiger partial charge < -0.3 is 9.47 Å². The van der Waals surface area contributed by atoms with E-state index < -0.39 is 16.9 Å². The SMILES string of the molecule is Cc1ccccc1Oc1c([Si](c2ccccc2)c2ccccc2)sc2c1Oc1ccccc1[Si]2(c1ccccc1)c1ccccc1. The van der Waals surface area contributed by atoms with Crippen molar-refractivity contribution in [2.24, 2.45) is 0 Å². The zero-order chi connectivity index (χ0) is 30.9.